The van der Waals surface area contributed by atoms with Crippen molar-refractivity contribution in [1.29, 1.82) is 0 Å². The summed E-state index contributed by atoms with van der Waals surface area (Å²) in [5.74, 6) is 0. The second-order valence-corrected chi connectivity index (χ2v) is 20.4. The van der Waals surface area contributed by atoms with Crippen molar-refractivity contribution in [2.45, 2.75) is 0 Å². The molecule has 0 atom stereocenters. The zero-order valence-electron chi connectivity index (χ0n) is 39.9. The molecule has 6 aromatic heterocycles. The van der Waals surface area contributed by atoms with Crippen molar-refractivity contribution in [2.75, 3.05) is 0 Å². The summed E-state index contributed by atoms with van der Waals surface area (Å²) in [7, 11) is 0. The Morgan fingerprint density at radius 1 is 0.216 bits per heavy atom. The van der Waals surface area contributed by atoms with E-state index in [1.54, 1.807) is 0 Å². The van der Waals surface area contributed by atoms with Crippen molar-refractivity contribution in [3.8, 4) is 33.6 Å². The molecular formula is C70H40N4. The maximum atomic E-state index is 2.62. The lowest BCUT2D eigenvalue weighted by Gasteiger charge is -2.13. The number of aromatic nitrogens is 4. The van der Waals surface area contributed by atoms with Crippen LogP contribution in [0.15, 0.2) is 243 Å². The molecule has 0 saturated heterocycles. The van der Waals surface area contributed by atoms with Gasteiger partial charge in [-0.1, -0.05) is 164 Å². The van der Waals surface area contributed by atoms with Crippen molar-refractivity contribution in [1.82, 2.24) is 17.9 Å². The standard InChI is InChI=1S/C70H40N4/c1-3-17-44(18-4-1)71-60-30-11-9-22-48(60)55-36-42(32-34-62(55)71)47-24-13-25-50-51-26-14-27-52-57-40-65-58(39-64(57)73(67(47)50)68(51)52)53-28-15-29-54-59-37-41-16-7-8-21-46(41)66(70(59)74(65)69(53)54)43-33-35-63-56(38-43)49-23-10-12-31-61(49)72(63)45-19-5-2-6-20-45/h1-40H. The maximum Gasteiger partial charge on any atom is 0.0626 e. The van der Waals surface area contributed by atoms with Crippen LogP contribution in [-0.4, -0.2) is 17.9 Å². The van der Waals surface area contributed by atoms with E-state index in [0.29, 0.717) is 0 Å². The van der Waals surface area contributed by atoms with Crippen LogP contribution in [0.3, 0.4) is 0 Å². The van der Waals surface area contributed by atoms with Gasteiger partial charge in [0.2, 0.25) is 0 Å². The third-order valence-electron chi connectivity index (χ3n) is 16.8. The monoisotopic (exact) mass is 936 g/mol. The second kappa shape index (κ2) is 13.9. The molecule has 6 heterocycles. The molecule has 12 aromatic carbocycles. The molecule has 18 aromatic rings. The first-order valence-corrected chi connectivity index (χ1v) is 25.7. The number of hydrogen-bond donors (Lipinski definition) is 0. The molecule has 4 heteroatoms. The molecule has 0 spiro atoms. The van der Waals surface area contributed by atoms with Gasteiger partial charge in [-0.05, 0) is 101 Å². The van der Waals surface area contributed by atoms with Crippen molar-refractivity contribution in [2.24, 2.45) is 0 Å². The van der Waals surface area contributed by atoms with E-state index in [9.17, 15) is 0 Å². The van der Waals surface area contributed by atoms with Gasteiger partial charge in [-0.25, -0.2) is 0 Å². The summed E-state index contributed by atoms with van der Waals surface area (Å²) in [5.41, 5.74) is 19.6. The Bertz CT molecular complexity index is 5420. The van der Waals surface area contributed by atoms with Crippen LogP contribution < -0.4 is 0 Å². The molecule has 0 aliphatic carbocycles. The van der Waals surface area contributed by atoms with E-state index >= 15 is 0 Å². The van der Waals surface area contributed by atoms with Gasteiger partial charge in [0.15, 0.2) is 0 Å². The van der Waals surface area contributed by atoms with Crippen LogP contribution in [-0.2, 0) is 0 Å². The third kappa shape index (κ3) is 4.83. The second-order valence-electron chi connectivity index (χ2n) is 20.4. The SMILES string of the molecule is c1ccc(-n2c3ccccc3c3cc(-c4cccc5c6cccc7c8cc9c(cc8n(c45)c76)c4cccc5c6cc7ccccc7c(-c7ccc8c(c7)c7ccccc7n8-c7ccccc7)c6n9c45)ccc32)cc1. The summed E-state index contributed by atoms with van der Waals surface area (Å²) in [6.07, 6.45) is 0. The number of para-hydroxylation sites is 7. The Morgan fingerprint density at radius 2 is 0.635 bits per heavy atom. The van der Waals surface area contributed by atoms with Crippen LogP contribution in [0.1, 0.15) is 0 Å². The molecule has 0 N–H and O–H groups in total. The van der Waals surface area contributed by atoms with Crippen LogP contribution in [0.25, 0.3) is 164 Å². The maximum absolute atomic E-state index is 2.62. The van der Waals surface area contributed by atoms with E-state index in [2.05, 4.69) is 261 Å². The lowest BCUT2D eigenvalue weighted by molar-refractivity contribution is 1.18. The highest BCUT2D eigenvalue weighted by atomic mass is 15.0. The van der Waals surface area contributed by atoms with Gasteiger partial charge >= 0.3 is 0 Å². The van der Waals surface area contributed by atoms with E-state index in [1.807, 2.05) is 0 Å². The molecule has 0 aliphatic heterocycles. The predicted molar refractivity (Wildman–Crippen MR) is 313 cm³/mol. The molecule has 0 unspecified atom stereocenters. The van der Waals surface area contributed by atoms with E-state index in [0.717, 1.165) is 0 Å². The topological polar surface area (TPSA) is 18.7 Å². The van der Waals surface area contributed by atoms with Crippen LogP contribution in [0.2, 0.25) is 0 Å². The molecule has 340 valence electrons. The van der Waals surface area contributed by atoms with Crippen LogP contribution in [0.5, 0.6) is 0 Å². The number of nitrogens with zero attached hydrogens (tertiary/aromatic N) is 4. The Morgan fingerprint density at radius 3 is 1.24 bits per heavy atom. The fourth-order valence-corrected chi connectivity index (χ4v) is 13.8. The lowest BCUT2D eigenvalue weighted by Crippen LogP contribution is -1.93. The van der Waals surface area contributed by atoms with Gasteiger partial charge in [-0.2, -0.15) is 0 Å². The van der Waals surface area contributed by atoms with Crippen molar-refractivity contribution < 1.29 is 0 Å². The summed E-state index contributed by atoms with van der Waals surface area (Å²) in [6.45, 7) is 0. The first kappa shape index (κ1) is 38.8. The minimum absolute atomic E-state index is 1.17. The van der Waals surface area contributed by atoms with Crippen LogP contribution in [0, 0.1) is 0 Å². The normalized spacial score (nSPS) is 12.6. The van der Waals surface area contributed by atoms with Crippen molar-refractivity contribution >= 4 is 131 Å². The molecule has 0 fully saturated rings. The molecule has 0 saturated carbocycles. The first-order valence-electron chi connectivity index (χ1n) is 25.7. The van der Waals surface area contributed by atoms with Gasteiger partial charge in [0.1, 0.15) is 0 Å². The largest absolute Gasteiger partial charge is 0.309 e. The number of fused-ring (bicyclic) bond motifs is 19. The highest BCUT2D eigenvalue weighted by Crippen LogP contribution is 2.50. The molecule has 0 radical (unpaired) electrons. The quantitative estimate of drug-likeness (QED) is 0.167. The van der Waals surface area contributed by atoms with Gasteiger partial charge in [-0.3, -0.25) is 0 Å². The highest BCUT2D eigenvalue weighted by molar-refractivity contribution is 6.32. The Kier molecular flexibility index (Phi) is 7.31. The fraction of sp³-hybridized carbons (Fsp3) is 0. The zero-order valence-corrected chi connectivity index (χ0v) is 39.9. The van der Waals surface area contributed by atoms with Gasteiger partial charge in [-0.15, -0.1) is 0 Å². The predicted octanol–water partition coefficient (Wildman–Crippen LogP) is 18.7. The fourth-order valence-electron chi connectivity index (χ4n) is 13.8. The average molecular weight is 937 g/mol. The minimum atomic E-state index is 1.17. The zero-order chi connectivity index (χ0) is 47.9. The van der Waals surface area contributed by atoms with E-state index < -0.39 is 0 Å². The van der Waals surface area contributed by atoms with Gasteiger partial charge in [0, 0.05) is 87.1 Å². The molecule has 18 rings (SSSR count). The molecule has 4 nitrogen and oxygen atoms in total. The summed E-state index contributed by atoms with van der Waals surface area (Å²) in [4.78, 5) is 0. The van der Waals surface area contributed by atoms with Gasteiger partial charge in [0.05, 0.1) is 55.2 Å². The molecule has 0 bridgehead atoms. The van der Waals surface area contributed by atoms with Crippen molar-refractivity contribution in [3.05, 3.63) is 243 Å². The van der Waals surface area contributed by atoms with E-state index in [-0.39, 0.29) is 0 Å². The Balaban J connectivity index is 0.926. The molecular weight excluding hydrogens is 897 g/mol. The molecule has 0 aliphatic rings. The Labute approximate surface area is 422 Å². The smallest absolute Gasteiger partial charge is 0.0626 e. The molecule has 0 amide bonds. The van der Waals surface area contributed by atoms with Crippen LogP contribution >= 0.6 is 0 Å². The third-order valence-corrected chi connectivity index (χ3v) is 16.8. The number of benzene rings is 12. The average Bonchev–Trinajstić information content (AvgIpc) is 4.30. The summed E-state index contributed by atoms with van der Waals surface area (Å²) >= 11 is 0. The number of rotatable bonds is 4. The minimum Gasteiger partial charge on any atom is -0.309 e. The highest BCUT2D eigenvalue weighted by Gasteiger charge is 2.26. The van der Waals surface area contributed by atoms with Crippen LogP contribution in [0.4, 0.5) is 0 Å². The lowest BCUT2D eigenvalue weighted by atomic mass is 9.93. The summed E-state index contributed by atoms with van der Waals surface area (Å²) in [6, 6.07) is 90.6. The molecule has 74 heavy (non-hydrogen) atoms. The summed E-state index contributed by atoms with van der Waals surface area (Å²) in [5, 5.41) is 17.7. The first-order chi connectivity index (χ1) is 36.7. The van der Waals surface area contributed by atoms with Gasteiger partial charge < -0.3 is 17.9 Å². The van der Waals surface area contributed by atoms with E-state index in [4.69, 9.17) is 0 Å². The van der Waals surface area contributed by atoms with Crippen molar-refractivity contribution in [3.63, 3.8) is 0 Å². The van der Waals surface area contributed by atoms with Gasteiger partial charge in [0.25, 0.3) is 0 Å². The summed E-state index contributed by atoms with van der Waals surface area (Å²) < 4.78 is 10.0. The van der Waals surface area contributed by atoms with E-state index in [1.165, 1.54) is 164 Å². The number of hydrogen-bond acceptors (Lipinski definition) is 0. The Hall–Kier alpha value is -9.90.